The van der Waals surface area contributed by atoms with Crippen molar-refractivity contribution in [1.82, 2.24) is 4.90 Å². The topological polar surface area (TPSA) is 3.24 Å². The molecule has 0 aromatic heterocycles. The van der Waals surface area contributed by atoms with Crippen molar-refractivity contribution in [2.45, 2.75) is 0 Å². The van der Waals surface area contributed by atoms with E-state index in [0.29, 0.717) is 0 Å². The van der Waals surface area contributed by atoms with E-state index in [1.807, 2.05) is 44.4 Å². The molecule has 0 atom stereocenters. The van der Waals surface area contributed by atoms with E-state index in [0.717, 1.165) is 12.1 Å². The standard InChI is InChI=1S/C11H13N.ClH/c1-12(2)10-6-9-11-7-4-3-5-8-11;/h3-5,7-8H,10H2,1-2H3;1H. The maximum atomic E-state index is 3.08. The molecule has 0 aliphatic rings. The summed E-state index contributed by atoms with van der Waals surface area (Å²) in [6.07, 6.45) is 0. The fourth-order valence-electron chi connectivity index (χ4n) is 0.821. The molecule has 0 saturated heterocycles. The molecule has 2 heteroatoms. The number of hydrogen-bond acceptors (Lipinski definition) is 1. The molecule has 0 radical (unpaired) electrons. The zero-order valence-electron chi connectivity index (χ0n) is 7.95. The van der Waals surface area contributed by atoms with Gasteiger partial charge in [-0.3, -0.25) is 4.90 Å². The molecule has 0 heterocycles. The highest BCUT2D eigenvalue weighted by Gasteiger charge is 1.82. The van der Waals surface area contributed by atoms with Gasteiger partial charge in [0.25, 0.3) is 0 Å². The third-order valence-electron chi connectivity index (χ3n) is 1.40. The number of halogens is 1. The van der Waals surface area contributed by atoms with Gasteiger partial charge in [0, 0.05) is 5.56 Å². The monoisotopic (exact) mass is 195 g/mol. The zero-order chi connectivity index (χ0) is 8.81. The quantitative estimate of drug-likeness (QED) is 0.620. The summed E-state index contributed by atoms with van der Waals surface area (Å²) in [6, 6.07) is 10.0. The minimum atomic E-state index is 0. The Hall–Kier alpha value is -0.970. The Bertz CT molecular complexity index is 282. The van der Waals surface area contributed by atoms with Gasteiger partial charge in [-0.15, -0.1) is 12.4 Å². The van der Waals surface area contributed by atoms with Crippen molar-refractivity contribution >= 4 is 12.4 Å². The van der Waals surface area contributed by atoms with Crippen LogP contribution in [0.2, 0.25) is 0 Å². The predicted molar refractivity (Wildman–Crippen MR) is 59.1 cm³/mol. The summed E-state index contributed by atoms with van der Waals surface area (Å²) in [5.41, 5.74) is 1.08. The van der Waals surface area contributed by atoms with Gasteiger partial charge in [0.1, 0.15) is 0 Å². The Morgan fingerprint density at radius 1 is 1.15 bits per heavy atom. The van der Waals surface area contributed by atoms with Crippen molar-refractivity contribution < 1.29 is 0 Å². The summed E-state index contributed by atoms with van der Waals surface area (Å²) in [7, 11) is 4.03. The summed E-state index contributed by atoms with van der Waals surface area (Å²) in [6.45, 7) is 0.814. The van der Waals surface area contributed by atoms with Gasteiger partial charge in [-0.1, -0.05) is 30.0 Å². The first-order chi connectivity index (χ1) is 5.79. The second-order valence-electron chi connectivity index (χ2n) is 2.91. The number of rotatable bonds is 1. The van der Waals surface area contributed by atoms with Crippen LogP contribution in [0.3, 0.4) is 0 Å². The Kier molecular flexibility index (Phi) is 6.05. The Balaban J connectivity index is 0.00000144. The van der Waals surface area contributed by atoms with E-state index >= 15 is 0 Å². The molecule has 0 fully saturated rings. The smallest absolute Gasteiger partial charge is 0.0600 e. The Labute approximate surface area is 86.2 Å². The lowest BCUT2D eigenvalue weighted by atomic mass is 10.2. The first kappa shape index (κ1) is 12.0. The molecule has 0 bridgehead atoms. The highest BCUT2D eigenvalue weighted by Crippen LogP contribution is 1.94. The molecule has 70 valence electrons. The highest BCUT2D eigenvalue weighted by molar-refractivity contribution is 5.85. The van der Waals surface area contributed by atoms with E-state index in [4.69, 9.17) is 0 Å². The molecule has 0 aliphatic heterocycles. The molecule has 1 aromatic carbocycles. The molecular weight excluding hydrogens is 182 g/mol. The maximum absolute atomic E-state index is 3.08. The van der Waals surface area contributed by atoms with Crippen LogP contribution in [0.4, 0.5) is 0 Å². The van der Waals surface area contributed by atoms with Crippen molar-refractivity contribution in [3.8, 4) is 11.8 Å². The van der Waals surface area contributed by atoms with E-state index in [2.05, 4.69) is 16.7 Å². The summed E-state index contributed by atoms with van der Waals surface area (Å²) in [5.74, 6) is 6.16. The van der Waals surface area contributed by atoms with Crippen LogP contribution in [0.5, 0.6) is 0 Å². The molecule has 0 unspecified atom stereocenters. The van der Waals surface area contributed by atoms with Gasteiger partial charge in [0.2, 0.25) is 0 Å². The summed E-state index contributed by atoms with van der Waals surface area (Å²) >= 11 is 0. The molecule has 0 spiro atoms. The minimum absolute atomic E-state index is 0. The van der Waals surface area contributed by atoms with Crippen molar-refractivity contribution in [3.63, 3.8) is 0 Å². The number of nitrogens with zero attached hydrogens (tertiary/aromatic N) is 1. The van der Waals surface area contributed by atoms with Crippen LogP contribution >= 0.6 is 12.4 Å². The van der Waals surface area contributed by atoms with Crippen molar-refractivity contribution in [2.24, 2.45) is 0 Å². The molecule has 0 aliphatic carbocycles. The lowest BCUT2D eigenvalue weighted by Crippen LogP contribution is -2.10. The lowest BCUT2D eigenvalue weighted by molar-refractivity contribution is 0.464. The van der Waals surface area contributed by atoms with E-state index in [-0.39, 0.29) is 12.4 Å². The van der Waals surface area contributed by atoms with Gasteiger partial charge in [-0.2, -0.15) is 0 Å². The van der Waals surface area contributed by atoms with Crippen molar-refractivity contribution in [3.05, 3.63) is 35.9 Å². The second kappa shape index (κ2) is 6.54. The van der Waals surface area contributed by atoms with Crippen molar-refractivity contribution in [2.75, 3.05) is 20.6 Å². The normalized spacial score (nSPS) is 8.54. The molecule has 1 rings (SSSR count). The molecule has 1 nitrogen and oxygen atoms in total. The van der Waals surface area contributed by atoms with Gasteiger partial charge in [0.05, 0.1) is 6.54 Å². The SMILES string of the molecule is CN(C)CC#Cc1ccccc1.Cl. The molecule has 1 aromatic rings. The van der Waals surface area contributed by atoms with Crippen LogP contribution in [0.25, 0.3) is 0 Å². The van der Waals surface area contributed by atoms with Crippen LogP contribution < -0.4 is 0 Å². The Morgan fingerprint density at radius 2 is 1.77 bits per heavy atom. The average molecular weight is 196 g/mol. The number of benzene rings is 1. The second-order valence-corrected chi connectivity index (χ2v) is 2.91. The largest absolute Gasteiger partial charge is 0.299 e. The van der Waals surface area contributed by atoms with Crippen LogP contribution in [0.15, 0.2) is 30.3 Å². The van der Waals surface area contributed by atoms with Gasteiger partial charge in [0.15, 0.2) is 0 Å². The van der Waals surface area contributed by atoms with E-state index < -0.39 is 0 Å². The van der Waals surface area contributed by atoms with Gasteiger partial charge in [-0.25, -0.2) is 0 Å². The van der Waals surface area contributed by atoms with Gasteiger partial charge >= 0.3 is 0 Å². The van der Waals surface area contributed by atoms with E-state index in [1.165, 1.54) is 0 Å². The first-order valence-electron chi connectivity index (χ1n) is 3.97. The van der Waals surface area contributed by atoms with Gasteiger partial charge < -0.3 is 0 Å². The third kappa shape index (κ3) is 5.30. The summed E-state index contributed by atoms with van der Waals surface area (Å²) < 4.78 is 0. The van der Waals surface area contributed by atoms with Crippen LogP contribution in [-0.2, 0) is 0 Å². The maximum Gasteiger partial charge on any atom is 0.0600 e. The van der Waals surface area contributed by atoms with E-state index in [9.17, 15) is 0 Å². The molecule has 0 amide bonds. The highest BCUT2D eigenvalue weighted by atomic mass is 35.5. The molecule has 13 heavy (non-hydrogen) atoms. The summed E-state index contributed by atoms with van der Waals surface area (Å²) in [4.78, 5) is 2.05. The van der Waals surface area contributed by atoms with Crippen molar-refractivity contribution in [1.29, 1.82) is 0 Å². The first-order valence-corrected chi connectivity index (χ1v) is 3.97. The van der Waals surface area contributed by atoms with Crippen LogP contribution in [0.1, 0.15) is 5.56 Å². The van der Waals surface area contributed by atoms with Crippen LogP contribution in [-0.4, -0.2) is 25.5 Å². The predicted octanol–water partition coefficient (Wildman–Crippen LogP) is 2.02. The summed E-state index contributed by atoms with van der Waals surface area (Å²) in [5, 5.41) is 0. The van der Waals surface area contributed by atoms with Gasteiger partial charge in [-0.05, 0) is 26.2 Å². The van der Waals surface area contributed by atoms with E-state index in [1.54, 1.807) is 0 Å². The molecular formula is C11H14ClN. The molecule has 0 N–H and O–H groups in total. The molecule has 0 saturated carbocycles. The number of hydrogen-bond donors (Lipinski definition) is 0. The zero-order valence-corrected chi connectivity index (χ0v) is 8.77. The Morgan fingerprint density at radius 3 is 2.31 bits per heavy atom. The van der Waals surface area contributed by atoms with Crippen LogP contribution in [0, 0.1) is 11.8 Å². The lowest BCUT2D eigenvalue weighted by Gasteiger charge is -2.00. The fraction of sp³-hybridized carbons (Fsp3) is 0.273. The minimum Gasteiger partial charge on any atom is -0.299 e. The average Bonchev–Trinajstić information content (AvgIpc) is 2.05. The third-order valence-corrected chi connectivity index (χ3v) is 1.40. The fourth-order valence-corrected chi connectivity index (χ4v) is 0.821.